The van der Waals surface area contributed by atoms with Crippen molar-refractivity contribution in [2.45, 2.75) is 50.9 Å². The summed E-state index contributed by atoms with van der Waals surface area (Å²) in [5.41, 5.74) is 0. The van der Waals surface area contributed by atoms with Crippen molar-refractivity contribution in [1.29, 1.82) is 0 Å². The predicted octanol–water partition coefficient (Wildman–Crippen LogP) is 2.51. The van der Waals surface area contributed by atoms with Crippen LogP contribution >= 0.6 is 0 Å². The normalized spacial score (nSPS) is 20.4. The summed E-state index contributed by atoms with van der Waals surface area (Å²) in [6, 6.07) is 0. The van der Waals surface area contributed by atoms with E-state index in [1.165, 1.54) is 0 Å². The SMILES string of the molecule is O=C1CCCCCC1c1nc(CCOCC(F)F)no1. The van der Waals surface area contributed by atoms with E-state index < -0.39 is 13.0 Å². The maximum atomic E-state index is 11.9. The van der Waals surface area contributed by atoms with E-state index in [1.807, 2.05) is 0 Å². The molecule has 0 spiro atoms. The van der Waals surface area contributed by atoms with Gasteiger partial charge < -0.3 is 9.26 Å². The molecule has 0 aliphatic heterocycles. The fraction of sp³-hybridized carbons (Fsp3) is 0.769. The van der Waals surface area contributed by atoms with Gasteiger partial charge in [-0.2, -0.15) is 4.98 Å². The van der Waals surface area contributed by atoms with Crippen LogP contribution in [0.3, 0.4) is 0 Å². The average molecular weight is 288 g/mol. The molecule has 0 radical (unpaired) electrons. The molecule has 2 rings (SSSR count). The molecule has 1 aliphatic carbocycles. The number of carbonyl (C=O) groups is 1. The quantitative estimate of drug-likeness (QED) is 0.594. The minimum absolute atomic E-state index is 0.113. The number of halogens is 2. The van der Waals surface area contributed by atoms with Gasteiger partial charge in [0.05, 0.1) is 12.5 Å². The average Bonchev–Trinajstić information content (AvgIpc) is 2.77. The van der Waals surface area contributed by atoms with Crippen molar-refractivity contribution < 1.29 is 22.8 Å². The summed E-state index contributed by atoms with van der Waals surface area (Å²) in [6.07, 6.45) is 2.06. The largest absolute Gasteiger partial charge is 0.375 e. The third-order valence-electron chi connectivity index (χ3n) is 3.30. The fourth-order valence-electron chi connectivity index (χ4n) is 2.27. The van der Waals surface area contributed by atoms with Gasteiger partial charge in [-0.3, -0.25) is 4.79 Å². The number of Topliss-reactive ketones (excluding diaryl/α,β-unsaturated/α-hetero) is 1. The van der Waals surface area contributed by atoms with Crippen LogP contribution in [0.15, 0.2) is 4.52 Å². The van der Waals surface area contributed by atoms with Crippen molar-refractivity contribution in [3.05, 3.63) is 11.7 Å². The van der Waals surface area contributed by atoms with Gasteiger partial charge >= 0.3 is 0 Å². The van der Waals surface area contributed by atoms with E-state index in [-0.39, 0.29) is 18.3 Å². The number of hydrogen-bond donors (Lipinski definition) is 0. The van der Waals surface area contributed by atoms with E-state index in [9.17, 15) is 13.6 Å². The molecule has 1 aromatic heterocycles. The topological polar surface area (TPSA) is 65.2 Å². The molecular formula is C13H18F2N2O3. The molecule has 1 fully saturated rings. The summed E-state index contributed by atoms with van der Waals surface area (Å²) in [5, 5.41) is 3.77. The summed E-state index contributed by atoms with van der Waals surface area (Å²) in [5.74, 6) is 0.583. The Bertz CT molecular complexity index is 437. The highest BCUT2D eigenvalue weighted by Crippen LogP contribution is 2.27. The predicted molar refractivity (Wildman–Crippen MR) is 65.7 cm³/mol. The molecule has 1 saturated carbocycles. The van der Waals surface area contributed by atoms with Crippen LogP contribution in [0.2, 0.25) is 0 Å². The summed E-state index contributed by atoms with van der Waals surface area (Å²) in [7, 11) is 0. The molecule has 0 bridgehead atoms. The number of hydrogen-bond acceptors (Lipinski definition) is 5. The smallest absolute Gasteiger partial charge is 0.261 e. The van der Waals surface area contributed by atoms with Crippen LogP contribution in [0.1, 0.15) is 49.7 Å². The van der Waals surface area contributed by atoms with Crippen LogP contribution in [0, 0.1) is 0 Å². The van der Waals surface area contributed by atoms with Crippen LogP contribution in [0.4, 0.5) is 8.78 Å². The Kier molecular flexibility index (Phi) is 5.58. The lowest BCUT2D eigenvalue weighted by atomic mass is 9.99. The Morgan fingerprint density at radius 1 is 1.35 bits per heavy atom. The van der Waals surface area contributed by atoms with Gasteiger partial charge in [0, 0.05) is 12.8 Å². The van der Waals surface area contributed by atoms with Crippen LogP contribution < -0.4 is 0 Å². The van der Waals surface area contributed by atoms with E-state index in [0.29, 0.717) is 24.6 Å². The van der Waals surface area contributed by atoms with Gasteiger partial charge in [-0.1, -0.05) is 18.0 Å². The molecule has 0 amide bonds. The van der Waals surface area contributed by atoms with Crippen LogP contribution in [0.25, 0.3) is 0 Å². The second-order valence-corrected chi connectivity index (χ2v) is 4.88. The summed E-state index contributed by atoms with van der Waals surface area (Å²) in [6.45, 7) is -0.478. The van der Waals surface area contributed by atoms with Gasteiger partial charge in [-0.15, -0.1) is 0 Å². The summed E-state index contributed by atoms with van der Waals surface area (Å²) in [4.78, 5) is 16.1. The lowest BCUT2D eigenvalue weighted by molar-refractivity contribution is -0.120. The molecule has 1 atom stereocenters. The number of rotatable bonds is 6. The molecule has 1 heterocycles. The van der Waals surface area contributed by atoms with E-state index in [2.05, 4.69) is 10.1 Å². The lowest BCUT2D eigenvalue weighted by Crippen LogP contribution is -2.11. The highest BCUT2D eigenvalue weighted by atomic mass is 19.3. The van der Waals surface area contributed by atoms with E-state index >= 15 is 0 Å². The third-order valence-corrected chi connectivity index (χ3v) is 3.30. The van der Waals surface area contributed by atoms with Crippen molar-refractivity contribution >= 4 is 5.78 Å². The Labute approximate surface area is 115 Å². The number of alkyl halides is 2. The summed E-state index contributed by atoms with van der Waals surface area (Å²) >= 11 is 0. The molecule has 0 saturated heterocycles. The van der Waals surface area contributed by atoms with Crippen LogP contribution in [0.5, 0.6) is 0 Å². The molecular weight excluding hydrogens is 270 g/mol. The van der Waals surface area contributed by atoms with Crippen molar-refractivity contribution in [3.63, 3.8) is 0 Å². The maximum Gasteiger partial charge on any atom is 0.261 e. The standard InChI is InChI=1S/C13H18F2N2O3/c14-11(15)8-19-7-6-12-16-13(20-17-12)9-4-2-1-3-5-10(9)18/h9,11H,1-8H2. The molecule has 20 heavy (non-hydrogen) atoms. The zero-order valence-corrected chi connectivity index (χ0v) is 11.2. The molecule has 7 heteroatoms. The first kappa shape index (κ1) is 15.0. The minimum Gasteiger partial charge on any atom is -0.375 e. The Morgan fingerprint density at radius 2 is 2.20 bits per heavy atom. The minimum atomic E-state index is -2.47. The number of ether oxygens (including phenoxy) is 1. The van der Waals surface area contributed by atoms with Crippen molar-refractivity contribution in [2.75, 3.05) is 13.2 Å². The zero-order chi connectivity index (χ0) is 14.4. The molecule has 112 valence electrons. The second-order valence-electron chi connectivity index (χ2n) is 4.88. The number of aromatic nitrogens is 2. The fourth-order valence-corrected chi connectivity index (χ4v) is 2.27. The number of nitrogens with zero attached hydrogens (tertiary/aromatic N) is 2. The highest BCUT2D eigenvalue weighted by Gasteiger charge is 2.27. The molecule has 5 nitrogen and oxygen atoms in total. The van der Waals surface area contributed by atoms with Gasteiger partial charge in [-0.05, 0) is 12.8 Å². The van der Waals surface area contributed by atoms with Gasteiger partial charge in [0.25, 0.3) is 6.43 Å². The van der Waals surface area contributed by atoms with E-state index in [1.54, 1.807) is 0 Å². The van der Waals surface area contributed by atoms with Gasteiger partial charge in [0.1, 0.15) is 12.4 Å². The zero-order valence-electron chi connectivity index (χ0n) is 11.2. The monoisotopic (exact) mass is 288 g/mol. The molecule has 0 aromatic carbocycles. The maximum absolute atomic E-state index is 11.9. The Hall–Kier alpha value is -1.37. The van der Waals surface area contributed by atoms with Crippen molar-refractivity contribution in [2.24, 2.45) is 0 Å². The van der Waals surface area contributed by atoms with Gasteiger partial charge in [-0.25, -0.2) is 8.78 Å². The van der Waals surface area contributed by atoms with Crippen molar-refractivity contribution in [1.82, 2.24) is 10.1 Å². The molecule has 1 unspecified atom stereocenters. The summed E-state index contributed by atoms with van der Waals surface area (Å²) < 4.78 is 33.6. The molecule has 1 aromatic rings. The van der Waals surface area contributed by atoms with Gasteiger partial charge in [0.2, 0.25) is 5.89 Å². The molecule has 1 aliphatic rings. The number of carbonyl (C=O) groups excluding carboxylic acids is 1. The van der Waals surface area contributed by atoms with Crippen LogP contribution in [-0.2, 0) is 16.0 Å². The third kappa shape index (κ3) is 4.33. The first-order valence-electron chi connectivity index (χ1n) is 6.88. The van der Waals surface area contributed by atoms with Crippen LogP contribution in [-0.4, -0.2) is 35.6 Å². The Balaban J connectivity index is 1.86. The first-order chi connectivity index (χ1) is 9.66. The molecule has 0 N–H and O–H groups in total. The van der Waals surface area contributed by atoms with E-state index in [4.69, 9.17) is 9.26 Å². The second kappa shape index (κ2) is 7.42. The first-order valence-corrected chi connectivity index (χ1v) is 6.88. The highest BCUT2D eigenvalue weighted by molar-refractivity contribution is 5.84. The van der Waals surface area contributed by atoms with Crippen molar-refractivity contribution in [3.8, 4) is 0 Å². The Morgan fingerprint density at radius 3 is 3.00 bits per heavy atom. The lowest BCUT2D eigenvalue weighted by Gasteiger charge is -2.06. The van der Waals surface area contributed by atoms with Gasteiger partial charge in [0.15, 0.2) is 5.82 Å². The number of ketones is 1. The van der Waals surface area contributed by atoms with E-state index in [0.717, 1.165) is 25.7 Å².